The van der Waals surface area contributed by atoms with E-state index in [-0.39, 0.29) is 5.91 Å². The Bertz CT molecular complexity index is 364. The molecule has 2 heterocycles. The van der Waals surface area contributed by atoms with Gasteiger partial charge in [0.05, 0.1) is 0 Å². The molecule has 0 spiro atoms. The molecule has 0 radical (unpaired) electrons. The van der Waals surface area contributed by atoms with Gasteiger partial charge in [0.15, 0.2) is 6.73 Å². The number of ether oxygens (including phenoxy) is 1. The molecule has 0 aliphatic carbocycles. The minimum absolute atomic E-state index is 0.0324. The molecule has 1 amide bonds. The van der Waals surface area contributed by atoms with Crippen molar-refractivity contribution in [1.82, 2.24) is 4.90 Å². The number of alkyl halides is 1. The number of hydrogen-bond acceptors (Lipinski definition) is 3. The van der Waals surface area contributed by atoms with Crippen molar-refractivity contribution in [1.29, 1.82) is 0 Å². The van der Waals surface area contributed by atoms with E-state index in [1.807, 2.05) is 13.0 Å². The molecule has 0 aromatic carbocycles. The number of rotatable bonds is 2. The van der Waals surface area contributed by atoms with E-state index in [4.69, 9.17) is 16.3 Å². The molecule has 0 unspecified atom stereocenters. The summed E-state index contributed by atoms with van der Waals surface area (Å²) < 4.78 is 5.44. The highest BCUT2D eigenvalue weighted by atomic mass is 35.5. The molecule has 0 saturated carbocycles. The van der Waals surface area contributed by atoms with Gasteiger partial charge in [0.2, 0.25) is 0 Å². The Morgan fingerprint density at radius 2 is 2.50 bits per heavy atom. The number of nitrogens with zero attached hydrogens (tertiary/aromatic N) is 1. The Morgan fingerprint density at radius 3 is 3.21 bits per heavy atom. The maximum atomic E-state index is 11.8. The zero-order valence-electron chi connectivity index (χ0n) is 7.75. The first-order chi connectivity index (χ1) is 6.72. The Kier molecular flexibility index (Phi) is 2.65. The fraction of sp³-hybridized carbons (Fsp3) is 0.444. The van der Waals surface area contributed by atoms with Crippen LogP contribution in [0.4, 0.5) is 0 Å². The summed E-state index contributed by atoms with van der Waals surface area (Å²) in [7, 11) is 0. The number of carbonyl (C=O) groups is 1. The highest BCUT2D eigenvalue weighted by Crippen LogP contribution is 2.32. The first-order valence-corrected chi connectivity index (χ1v) is 5.66. The van der Waals surface area contributed by atoms with Crippen LogP contribution in [0.15, 0.2) is 6.07 Å². The molecule has 0 bridgehead atoms. The monoisotopic (exact) mass is 231 g/mol. The van der Waals surface area contributed by atoms with Crippen LogP contribution in [0.25, 0.3) is 0 Å². The van der Waals surface area contributed by atoms with Crippen molar-refractivity contribution < 1.29 is 9.53 Å². The van der Waals surface area contributed by atoms with Gasteiger partial charge in [-0.3, -0.25) is 4.79 Å². The van der Waals surface area contributed by atoms with Crippen LogP contribution in [0.5, 0.6) is 5.75 Å². The van der Waals surface area contributed by atoms with Gasteiger partial charge in [-0.05, 0) is 13.0 Å². The SMILES string of the molecule is Cc1cc2c(s1)C(=O)N(CCCl)CO2. The maximum Gasteiger partial charge on any atom is 0.270 e. The van der Waals surface area contributed by atoms with Crippen LogP contribution in [0.2, 0.25) is 0 Å². The average molecular weight is 232 g/mol. The lowest BCUT2D eigenvalue weighted by molar-refractivity contribution is 0.0550. The van der Waals surface area contributed by atoms with Crippen molar-refractivity contribution in [2.75, 3.05) is 19.2 Å². The Labute approximate surface area is 91.2 Å². The molecule has 1 aromatic rings. The maximum absolute atomic E-state index is 11.8. The molecule has 3 nitrogen and oxygen atoms in total. The molecule has 1 aliphatic heterocycles. The second-order valence-corrected chi connectivity index (χ2v) is 4.72. The molecule has 2 rings (SSSR count). The summed E-state index contributed by atoms with van der Waals surface area (Å²) in [5, 5.41) is 0. The first-order valence-electron chi connectivity index (χ1n) is 4.31. The highest BCUT2D eigenvalue weighted by molar-refractivity contribution is 7.14. The number of halogens is 1. The molecule has 0 saturated heterocycles. The van der Waals surface area contributed by atoms with E-state index in [0.717, 1.165) is 4.88 Å². The minimum atomic E-state index is 0.0324. The van der Waals surface area contributed by atoms with E-state index in [9.17, 15) is 4.79 Å². The first kappa shape index (κ1) is 9.80. The lowest BCUT2D eigenvalue weighted by Crippen LogP contribution is -2.38. The second-order valence-electron chi connectivity index (χ2n) is 3.08. The molecule has 0 atom stereocenters. The predicted octanol–water partition coefficient (Wildman–Crippen LogP) is 2.09. The van der Waals surface area contributed by atoms with Crippen LogP contribution in [0, 0.1) is 6.92 Å². The van der Waals surface area contributed by atoms with Gasteiger partial charge in [-0.2, -0.15) is 0 Å². The number of aryl methyl sites for hydroxylation is 1. The van der Waals surface area contributed by atoms with Crippen LogP contribution in [-0.2, 0) is 0 Å². The molecule has 1 aliphatic rings. The van der Waals surface area contributed by atoms with Gasteiger partial charge >= 0.3 is 0 Å². The number of thiophene rings is 1. The van der Waals surface area contributed by atoms with Crippen molar-refractivity contribution >= 4 is 28.8 Å². The summed E-state index contributed by atoms with van der Waals surface area (Å²) in [6.07, 6.45) is 0. The summed E-state index contributed by atoms with van der Waals surface area (Å²) in [4.78, 5) is 15.2. The van der Waals surface area contributed by atoms with Crippen LogP contribution in [0.3, 0.4) is 0 Å². The third-order valence-corrected chi connectivity index (χ3v) is 3.22. The van der Waals surface area contributed by atoms with Gasteiger partial charge < -0.3 is 9.64 Å². The van der Waals surface area contributed by atoms with Crippen molar-refractivity contribution in [2.45, 2.75) is 6.92 Å². The van der Waals surface area contributed by atoms with Crippen molar-refractivity contribution in [3.05, 3.63) is 15.8 Å². The highest BCUT2D eigenvalue weighted by Gasteiger charge is 2.27. The summed E-state index contributed by atoms with van der Waals surface area (Å²) in [5.41, 5.74) is 0. The van der Waals surface area contributed by atoms with Crippen LogP contribution in [0.1, 0.15) is 14.5 Å². The fourth-order valence-corrected chi connectivity index (χ4v) is 2.49. The average Bonchev–Trinajstić information content (AvgIpc) is 2.52. The summed E-state index contributed by atoms with van der Waals surface area (Å²) in [6.45, 7) is 2.82. The number of hydrogen-bond donors (Lipinski definition) is 0. The quantitative estimate of drug-likeness (QED) is 0.730. The molecule has 0 N–H and O–H groups in total. The Hall–Kier alpha value is -0.740. The third kappa shape index (κ3) is 1.60. The number of carbonyl (C=O) groups excluding carboxylic acids is 1. The zero-order chi connectivity index (χ0) is 10.1. The standard InChI is InChI=1S/C9H10ClNO2S/c1-6-4-7-8(14-6)9(12)11(3-2-10)5-13-7/h4H,2-3,5H2,1H3. The van der Waals surface area contributed by atoms with Gasteiger partial charge in [-0.15, -0.1) is 22.9 Å². The number of amides is 1. The smallest absolute Gasteiger partial charge is 0.270 e. The van der Waals surface area contributed by atoms with Crippen molar-refractivity contribution in [2.24, 2.45) is 0 Å². The van der Waals surface area contributed by atoms with Crippen LogP contribution in [-0.4, -0.2) is 30.0 Å². The van der Waals surface area contributed by atoms with E-state index in [1.165, 1.54) is 11.3 Å². The topological polar surface area (TPSA) is 29.5 Å². The van der Waals surface area contributed by atoms with Gasteiger partial charge in [0.1, 0.15) is 10.6 Å². The third-order valence-electron chi connectivity index (χ3n) is 2.03. The fourth-order valence-electron chi connectivity index (χ4n) is 1.36. The van der Waals surface area contributed by atoms with Crippen LogP contribution < -0.4 is 4.74 Å². The van der Waals surface area contributed by atoms with E-state index in [2.05, 4.69) is 0 Å². The van der Waals surface area contributed by atoms with Crippen molar-refractivity contribution in [3.8, 4) is 5.75 Å². The molecular formula is C9H10ClNO2S. The van der Waals surface area contributed by atoms with E-state index in [0.29, 0.717) is 29.8 Å². The lowest BCUT2D eigenvalue weighted by Gasteiger charge is -2.25. The minimum Gasteiger partial charge on any atom is -0.471 e. The molecule has 5 heteroatoms. The Morgan fingerprint density at radius 1 is 1.71 bits per heavy atom. The Balaban J connectivity index is 2.26. The molecule has 76 valence electrons. The summed E-state index contributed by atoms with van der Waals surface area (Å²) in [5.74, 6) is 1.18. The van der Waals surface area contributed by atoms with Gasteiger partial charge in [-0.25, -0.2) is 0 Å². The van der Waals surface area contributed by atoms with Crippen LogP contribution >= 0.6 is 22.9 Å². The zero-order valence-corrected chi connectivity index (χ0v) is 9.32. The lowest BCUT2D eigenvalue weighted by atomic mass is 10.3. The normalized spacial score (nSPS) is 15.3. The summed E-state index contributed by atoms with van der Waals surface area (Å²) in [6, 6.07) is 1.90. The van der Waals surface area contributed by atoms with Gasteiger partial charge in [0.25, 0.3) is 5.91 Å². The van der Waals surface area contributed by atoms with Gasteiger partial charge in [0, 0.05) is 17.3 Å². The van der Waals surface area contributed by atoms with Crippen molar-refractivity contribution in [3.63, 3.8) is 0 Å². The molecule has 1 aromatic heterocycles. The molecular weight excluding hydrogens is 222 g/mol. The largest absolute Gasteiger partial charge is 0.471 e. The molecule has 0 fully saturated rings. The van der Waals surface area contributed by atoms with E-state index in [1.54, 1.807) is 4.90 Å². The number of fused-ring (bicyclic) bond motifs is 1. The van der Waals surface area contributed by atoms with E-state index >= 15 is 0 Å². The summed E-state index contributed by atoms with van der Waals surface area (Å²) >= 11 is 7.06. The predicted molar refractivity (Wildman–Crippen MR) is 56.3 cm³/mol. The second kappa shape index (κ2) is 3.79. The van der Waals surface area contributed by atoms with Gasteiger partial charge in [-0.1, -0.05) is 0 Å². The van der Waals surface area contributed by atoms with E-state index < -0.39 is 0 Å². The molecule has 14 heavy (non-hydrogen) atoms.